The van der Waals surface area contributed by atoms with Crippen molar-refractivity contribution in [1.82, 2.24) is 4.90 Å². The molecule has 0 radical (unpaired) electrons. The molecule has 0 atom stereocenters. The van der Waals surface area contributed by atoms with E-state index in [0.717, 1.165) is 30.0 Å². The van der Waals surface area contributed by atoms with Crippen LogP contribution < -0.4 is 14.4 Å². The van der Waals surface area contributed by atoms with Crippen LogP contribution in [0.2, 0.25) is 0 Å². The molecule has 1 heterocycles. The Morgan fingerprint density at radius 2 is 1.74 bits per heavy atom. The number of methoxy groups -OCH3 is 1. The summed E-state index contributed by atoms with van der Waals surface area (Å²) in [7, 11) is 3.37. The standard InChI is InChI=1S/C21H24N2O4/c1-22(14-16-5-9-18(26-2)10-6-16)21(25)15-27-19-11-7-17(8-12-19)23-13-3-4-20(23)24/h5-12H,3-4,13-15H2,1-2H3. The molecule has 1 aliphatic rings. The minimum Gasteiger partial charge on any atom is -0.497 e. The molecule has 0 N–H and O–H groups in total. The van der Waals surface area contributed by atoms with Crippen LogP contribution in [-0.2, 0) is 16.1 Å². The summed E-state index contributed by atoms with van der Waals surface area (Å²) in [6, 6.07) is 14.9. The Labute approximate surface area is 159 Å². The molecule has 0 aliphatic carbocycles. The number of anilines is 1. The van der Waals surface area contributed by atoms with Gasteiger partial charge in [0.25, 0.3) is 5.91 Å². The minimum atomic E-state index is -0.107. The van der Waals surface area contributed by atoms with Gasteiger partial charge in [-0.05, 0) is 48.4 Å². The highest BCUT2D eigenvalue weighted by Gasteiger charge is 2.21. The highest BCUT2D eigenvalue weighted by Crippen LogP contribution is 2.24. The topological polar surface area (TPSA) is 59.1 Å². The van der Waals surface area contributed by atoms with Crippen LogP contribution in [0.5, 0.6) is 11.5 Å². The summed E-state index contributed by atoms with van der Waals surface area (Å²) >= 11 is 0. The first-order valence-corrected chi connectivity index (χ1v) is 8.97. The summed E-state index contributed by atoms with van der Waals surface area (Å²) < 4.78 is 10.7. The number of hydrogen-bond donors (Lipinski definition) is 0. The van der Waals surface area contributed by atoms with Crippen molar-refractivity contribution < 1.29 is 19.1 Å². The van der Waals surface area contributed by atoms with E-state index in [1.54, 1.807) is 36.1 Å². The molecule has 1 saturated heterocycles. The molecule has 0 spiro atoms. The summed E-state index contributed by atoms with van der Waals surface area (Å²) in [5.41, 5.74) is 1.89. The van der Waals surface area contributed by atoms with Crippen molar-refractivity contribution in [2.24, 2.45) is 0 Å². The zero-order chi connectivity index (χ0) is 19.2. The molecular weight excluding hydrogens is 344 g/mol. The molecule has 1 aliphatic heterocycles. The zero-order valence-electron chi connectivity index (χ0n) is 15.7. The van der Waals surface area contributed by atoms with Gasteiger partial charge in [-0.2, -0.15) is 0 Å². The van der Waals surface area contributed by atoms with Crippen LogP contribution in [0.3, 0.4) is 0 Å². The monoisotopic (exact) mass is 368 g/mol. The largest absolute Gasteiger partial charge is 0.497 e. The number of benzene rings is 2. The normalized spacial score (nSPS) is 13.6. The predicted molar refractivity (Wildman–Crippen MR) is 103 cm³/mol. The first-order chi connectivity index (χ1) is 13.1. The van der Waals surface area contributed by atoms with Gasteiger partial charge in [-0.15, -0.1) is 0 Å². The lowest BCUT2D eigenvalue weighted by Gasteiger charge is -2.18. The van der Waals surface area contributed by atoms with Gasteiger partial charge in [0.15, 0.2) is 6.61 Å². The lowest BCUT2D eigenvalue weighted by molar-refractivity contribution is -0.132. The Morgan fingerprint density at radius 3 is 2.33 bits per heavy atom. The quantitative estimate of drug-likeness (QED) is 0.754. The average molecular weight is 368 g/mol. The zero-order valence-corrected chi connectivity index (χ0v) is 15.7. The first kappa shape index (κ1) is 18.8. The van der Waals surface area contributed by atoms with Gasteiger partial charge in [-0.1, -0.05) is 12.1 Å². The van der Waals surface area contributed by atoms with E-state index < -0.39 is 0 Å². The van der Waals surface area contributed by atoms with Crippen molar-refractivity contribution in [3.63, 3.8) is 0 Å². The maximum absolute atomic E-state index is 12.3. The fraction of sp³-hybridized carbons (Fsp3) is 0.333. The maximum atomic E-state index is 12.3. The van der Waals surface area contributed by atoms with Gasteiger partial charge in [0.1, 0.15) is 11.5 Å². The molecule has 6 heteroatoms. The molecule has 142 valence electrons. The number of nitrogens with zero attached hydrogens (tertiary/aromatic N) is 2. The van der Waals surface area contributed by atoms with E-state index in [4.69, 9.17) is 9.47 Å². The number of hydrogen-bond acceptors (Lipinski definition) is 4. The van der Waals surface area contributed by atoms with Crippen LogP contribution in [0.4, 0.5) is 5.69 Å². The third kappa shape index (κ3) is 4.78. The van der Waals surface area contributed by atoms with Crippen LogP contribution in [0.25, 0.3) is 0 Å². The summed E-state index contributed by atoms with van der Waals surface area (Å²) in [5.74, 6) is 1.44. The van der Waals surface area contributed by atoms with Crippen LogP contribution in [0.15, 0.2) is 48.5 Å². The number of likely N-dealkylation sites (N-methyl/N-ethyl adjacent to an activating group) is 1. The molecule has 2 amide bonds. The van der Waals surface area contributed by atoms with E-state index in [1.807, 2.05) is 36.4 Å². The number of carbonyl (C=O) groups is 2. The van der Waals surface area contributed by atoms with Gasteiger partial charge in [0.05, 0.1) is 7.11 Å². The number of amides is 2. The van der Waals surface area contributed by atoms with Gasteiger partial charge in [0.2, 0.25) is 5.91 Å². The van der Waals surface area contributed by atoms with Crippen LogP contribution in [0, 0.1) is 0 Å². The Morgan fingerprint density at radius 1 is 1.07 bits per heavy atom. The van der Waals surface area contributed by atoms with Crippen molar-refractivity contribution >= 4 is 17.5 Å². The second kappa shape index (κ2) is 8.58. The van der Waals surface area contributed by atoms with E-state index in [9.17, 15) is 9.59 Å². The van der Waals surface area contributed by atoms with E-state index >= 15 is 0 Å². The van der Waals surface area contributed by atoms with Crippen LogP contribution >= 0.6 is 0 Å². The summed E-state index contributed by atoms with van der Waals surface area (Å²) in [6.45, 7) is 1.23. The highest BCUT2D eigenvalue weighted by molar-refractivity contribution is 5.95. The molecular formula is C21H24N2O4. The van der Waals surface area contributed by atoms with Crippen molar-refractivity contribution in [3.05, 3.63) is 54.1 Å². The fourth-order valence-electron chi connectivity index (χ4n) is 2.99. The average Bonchev–Trinajstić information content (AvgIpc) is 3.13. The lowest BCUT2D eigenvalue weighted by Crippen LogP contribution is -2.30. The molecule has 2 aromatic rings. The molecule has 0 aromatic heterocycles. The molecule has 3 rings (SSSR count). The molecule has 2 aromatic carbocycles. The van der Waals surface area contributed by atoms with Gasteiger partial charge in [0, 0.05) is 32.2 Å². The maximum Gasteiger partial charge on any atom is 0.260 e. The molecule has 0 unspecified atom stereocenters. The van der Waals surface area contributed by atoms with E-state index in [0.29, 0.717) is 18.7 Å². The summed E-state index contributed by atoms with van der Waals surface area (Å²) in [4.78, 5) is 27.5. The van der Waals surface area contributed by atoms with Gasteiger partial charge < -0.3 is 19.3 Å². The summed E-state index contributed by atoms with van der Waals surface area (Å²) in [6.07, 6.45) is 1.50. The second-order valence-electron chi connectivity index (χ2n) is 6.53. The number of carbonyl (C=O) groups excluding carboxylic acids is 2. The van der Waals surface area contributed by atoms with E-state index in [1.165, 1.54) is 0 Å². The number of ether oxygens (including phenoxy) is 2. The minimum absolute atomic E-state index is 0.0331. The van der Waals surface area contributed by atoms with Crippen molar-refractivity contribution in [2.45, 2.75) is 19.4 Å². The van der Waals surface area contributed by atoms with Crippen LogP contribution in [0.1, 0.15) is 18.4 Å². The highest BCUT2D eigenvalue weighted by atomic mass is 16.5. The second-order valence-corrected chi connectivity index (χ2v) is 6.53. The predicted octanol–water partition coefficient (Wildman–Crippen LogP) is 2.86. The van der Waals surface area contributed by atoms with E-state index in [-0.39, 0.29) is 18.4 Å². The number of rotatable bonds is 7. The fourth-order valence-corrected chi connectivity index (χ4v) is 2.99. The Kier molecular flexibility index (Phi) is 5.96. The van der Waals surface area contributed by atoms with Crippen molar-refractivity contribution in [1.29, 1.82) is 0 Å². The SMILES string of the molecule is COc1ccc(CN(C)C(=O)COc2ccc(N3CCCC3=O)cc2)cc1. The smallest absolute Gasteiger partial charge is 0.260 e. The Balaban J connectivity index is 1.49. The Bertz CT molecular complexity index is 787. The molecule has 0 saturated carbocycles. The van der Waals surface area contributed by atoms with Crippen molar-refractivity contribution in [3.8, 4) is 11.5 Å². The van der Waals surface area contributed by atoms with Crippen LogP contribution in [-0.4, -0.2) is 44.0 Å². The molecule has 0 bridgehead atoms. The van der Waals surface area contributed by atoms with Gasteiger partial charge in [-0.3, -0.25) is 9.59 Å². The lowest BCUT2D eigenvalue weighted by atomic mass is 10.2. The molecule has 27 heavy (non-hydrogen) atoms. The first-order valence-electron chi connectivity index (χ1n) is 8.97. The third-order valence-electron chi connectivity index (χ3n) is 4.59. The Hall–Kier alpha value is -3.02. The third-order valence-corrected chi connectivity index (χ3v) is 4.59. The summed E-state index contributed by atoms with van der Waals surface area (Å²) in [5, 5.41) is 0. The van der Waals surface area contributed by atoms with Gasteiger partial charge in [-0.25, -0.2) is 0 Å². The van der Waals surface area contributed by atoms with E-state index in [2.05, 4.69) is 0 Å². The van der Waals surface area contributed by atoms with Gasteiger partial charge >= 0.3 is 0 Å². The molecule has 6 nitrogen and oxygen atoms in total. The van der Waals surface area contributed by atoms with Crippen molar-refractivity contribution in [2.75, 3.05) is 32.2 Å². The molecule has 1 fully saturated rings.